The molecule has 0 N–H and O–H groups in total. The van der Waals surface area contributed by atoms with Crippen molar-refractivity contribution >= 4 is 40.3 Å². The van der Waals surface area contributed by atoms with Crippen LogP contribution in [0.15, 0.2) is 73.6 Å². The molecule has 6 rings (SSSR count). The molecule has 2 aliphatic heterocycles. The van der Waals surface area contributed by atoms with E-state index in [0.717, 1.165) is 31.9 Å². The van der Waals surface area contributed by atoms with E-state index in [-0.39, 0.29) is 0 Å². The largest absolute Gasteiger partial charge is 0.377 e. The summed E-state index contributed by atoms with van der Waals surface area (Å²) < 4.78 is 5.91. The van der Waals surface area contributed by atoms with Crippen molar-refractivity contribution in [2.75, 3.05) is 55.0 Å². The third-order valence-electron chi connectivity index (χ3n) is 7.66. The van der Waals surface area contributed by atoms with Crippen molar-refractivity contribution in [3.05, 3.63) is 83.6 Å². The van der Waals surface area contributed by atoms with E-state index < -0.39 is 0 Å². The molecule has 0 aliphatic carbocycles. The summed E-state index contributed by atoms with van der Waals surface area (Å²) in [4.78, 5) is 11.9. The second-order valence-corrected chi connectivity index (χ2v) is 11.2. The van der Waals surface area contributed by atoms with Gasteiger partial charge in [-0.2, -0.15) is 4.57 Å². The van der Waals surface area contributed by atoms with Crippen molar-refractivity contribution in [2.24, 2.45) is 0 Å². The summed E-state index contributed by atoms with van der Waals surface area (Å²) in [5.74, 6) is 1.25. The van der Waals surface area contributed by atoms with Crippen LogP contribution in [0.3, 0.4) is 0 Å². The summed E-state index contributed by atoms with van der Waals surface area (Å²) in [6, 6.07) is 12.6. The van der Waals surface area contributed by atoms with Gasteiger partial charge in [0.15, 0.2) is 12.4 Å². The van der Waals surface area contributed by atoms with Gasteiger partial charge in [0.05, 0.1) is 24.8 Å². The molecule has 9 heteroatoms. The third kappa shape index (κ3) is 5.13. The number of hydrogen-bond donors (Lipinski definition) is 0. The van der Waals surface area contributed by atoms with Crippen LogP contribution in [0.1, 0.15) is 25.7 Å². The zero-order valence-electron chi connectivity index (χ0n) is 22.5. The van der Waals surface area contributed by atoms with Gasteiger partial charge in [-0.25, -0.2) is 9.13 Å². The highest BCUT2D eigenvalue weighted by Crippen LogP contribution is 2.31. The Balaban J connectivity index is 1.46. The standard InChI is InChI=1S/C30H34Cl2N7/c1-34(2)23-7-17-37(18-8-23)28-26(31)29(38-19-9-24(10-20-38)35-13-3-4-14-35)33-30(27(28)32)39-21-11-25(12-22-39)36-15-5-6-16-36/h7-12,17-22H,3-6,13-16H2,1-2H3/q+3. The molecule has 7 nitrogen and oxygen atoms in total. The second kappa shape index (κ2) is 11.0. The molecule has 0 atom stereocenters. The first kappa shape index (κ1) is 25.8. The lowest BCUT2D eigenvalue weighted by atomic mass is 10.3. The maximum Gasteiger partial charge on any atom is 0.358 e. The maximum atomic E-state index is 7.10. The molecule has 0 aromatic carbocycles. The van der Waals surface area contributed by atoms with Crippen molar-refractivity contribution < 1.29 is 13.7 Å². The number of pyridine rings is 4. The number of aromatic nitrogens is 4. The monoisotopic (exact) mass is 562 g/mol. The summed E-state index contributed by atoms with van der Waals surface area (Å²) in [6.45, 7) is 4.40. The molecule has 6 heterocycles. The lowest BCUT2D eigenvalue weighted by Crippen LogP contribution is -2.40. The van der Waals surface area contributed by atoms with E-state index in [9.17, 15) is 0 Å². The van der Waals surface area contributed by atoms with Crippen LogP contribution in [-0.4, -0.2) is 45.3 Å². The van der Waals surface area contributed by atoms with Crippen LogP contribution < -0.4 is 28.4 Å². The van der Waals surface area contributed by atoms with Crippen LogP contribution >= 0.6 is 23.2 Å². The molecule has 0 saturated carbocycles. The Morgan fingerprint density at radius 2 is 1.00 bits per heavy atom. The number of rotatable bonds is 6. The average Bonchev–Trinajstić information content (AvgIpc) is 3.69. The topological polar surface area (TPSA) is 34.2 Å². The third-order valence-corrected chi connectivity index (χ3v) is 8.36. The van der Waals surface area contributed by atoms with Gasteiger partial charge in [0.2, 0.25) is 10.0 Å². The summed E-state index contributed by atoms with van der Waals surface area (Å²) in [5, 5.41) is 0.971. The minimum Gasteiger partial charge on any atom is -0.377 e. The normalized spacial score (nSPS) is 15.3. The van der Waals surface area contributed by atoms with E-state index in [4.69, 9.17) is 28.2 Å². The molecule has 2 saturated heterocycles. The molecule has 0 unspecified atom stereocenters. The summed E-state index contributed by atoms with van der Waals surface area (Å²) in [6.07, 6.45) is 17.1. The molecule has 2 aliphatic rings. The van der Waals surface area contributed by atoms with Crippen LogP contribution in [0.5, 0.6) is 0 Å². The van der Waals surface area contributed by atoms with E-state index >= 15 is 0 Å². The summed E-state index contributed by atoms with van der Waals surface area (Å²) >= 11 is 14.2. The Bertz CT molecular complexity index is 1360. The molecule has 0 bridgehead atoms. The fourth-order valence-corrected chi connectivity index (χ4v) is 6.15. The first-order valence-electron chi connectivity index (χ1n) is 13.6. The highest BCUT2D eigenvalue weighted by Gasteiger charge is 2.34. The molecule has 0 amide bonds. The van der Waals surface area contributed by atoms with E-state index in [0.29, 0.717) is 27.4 Å². The van der Waals surface area contributed by atoms with Crippen molar-refractivity contribution in [3.8, 4) is 17.3 Å². The molecular formula is C30H34Cl2N7+3. The van der Waals surface area contributed by atoms with E-state index in [2.05, 4.69) is 39.0 Å². The Kier molecular flexibility index (Phi) is 7.28. The molecule has 4 aromatic heterocycles. The smallest absolute Gasteiger partial charge is 0.358 e. The van der Waals surface area contributed by atoms with Crippen molar-refractivity contribution in [1.82, 2.24) is 4.98 Å². The quantitative estimate of drug-likeness (QED) is 0.324. The molecular weight excluding hydrogens is 529 g/mol. The van der Waals surface area contributed by atoms with Crippen LogP contribution in [0, 0.1) is 0 Å². The number of nitrogens with zero attached hydrogens (tertiary/aromatic N) is 7. The Labute approximate surface area is 240 Å². The van der Waals surface area contributed by atoms with Gasteiger partial charge in [-0.3, -0.25) is 0 Å². The predicted octanol–water partition coefficient (Wildman–Crippen LogP) is 4.48. The van der Waals surface area contributed by atoms with Crippen molar-refractivity contribution in [1.29, 1.82) is 0 Å². The van der Waals surface area contributed by atoms with E-state index in [1.54, 1.807) is 0 Å². The van der Waals surface area contributed by atoms with Crippen molar-refractivity contribution in [2.45, 2.75) is 25.7 Å². The SMILES string of the molecule is CN(C)c1cc[n+](-c2c(Cl)c(-[n+]3ccc(N4CCCC4)cc3)nc(-[n+]3ccc(N4CCCC4)cc3)c2Cl)cc1. The van der Waals surface area contributed by atoms with Gasteiger partial charge >= 0.3 is 11.6 Å². The zero-order chi connectivity index (χ0) is 26.9. The van der Waals surface area contributed by atoms with Gasteiger partial charge in [0, 0.05) is 98.7 Å². The number of anilines is 3. The first-order valence-corrected chi connectivity index (χ1v) is 14.4. The predicted molar refractivity (Wildman–Crippen MR) is 156 cm³/mol. The van der Waals surface area contributed by atoms with Crippen LogP contribution in [0.2, 0.25) is 10.0 Å². The molecule has 4 aromatic rings. The molecule has 0 radical (unpaired) electrons. The lowest BCUT2D eigenvalue weighted by Gasteiger charge is -2.17. The van der Waals surface area contributed by atoms with Crippen LogP contribution in [0.4, 0.5) is 17.1 Å². The maximum absolute atomic E-state index is 7.10. The molecule has 200 valence electrons. The highest BCUT2D eigenvalue weighted by molar-refractivity contribution is 6.38. The fourth-order valence-electron chi connectivity index (χ4n) is 5.43. The molecule has 0 spiro atoms. The van der Waals surface area contributed by atoms with Gasteiger partial charge in [-0.1, -0.05) is 23.2 Å². The van der Waals surface area contributed by atoms with Crippen molar-refractivity contribution in [3.63, 3.8) is 0 Å². The van der Waals surface area contributed by atoms with Gasteiger partial charge in [0.1, 0.15) is 0 Å². The average molecular weight is 564 g/mol. The van der Waals surface area contributed by atoms with E-state index in [1.807, 2.05) is 77.1 Å². The Morgan fingerprint density at radius 3 is 1.38 bits per heavy atom. The van der Waals surface area contributed by atoms with Gasteiger partial charge in [0.25, 0.3) is 5.69 Å². The first-order chi connectivity index (χ1) is 19.0. The summed E-state index contributed by atoms with van der Waals surface area (Å²) in [7, 11) is 4.04. The minimum absolute atomic E-state index is 0.486. The Hall–Kier alpha value is -3.42. The van der Waals surface area contributed by atoms with Gasteiger partial charge < -0.3 is 14.7 Å². The fraction of sp³-hybridized carbons (Fsp3) is 0.333. The lowest BCUT2D eigenvalue weighted by molar-refractivity contribution is -0.617. The Morgan fingerprint density at radius 1 is 0.615 bits per heavy atom. The van der Waals surface area contributed by atoms with E-state index in [1.165, 1.54) is 37.1 Å². The van der Waals surface area contributed by atoms with Crippen LogP contribution in [0.25, 0.3) is 17.3 Å². The summed E-state index contributed by atoms with van der Waals surface area (Å²) in [5.41, 5.74) is 4.22. The molecule has 39 heavy (non-hydrogen) atoms. The number of halogens is 2. The highest BCUT2D eigenvalue weighted by atomic mass is 35.5. The minimum atomic E-state index is 0.486. The van der Waals surface area contributed by atoms with Crippen LogP contribution in [-0.2, 0) is 0 Å². The van der Waals surface area contributed by atoms with Gasteiger partial charge in [-0.15, -0.1) is 0 Å². The zero-order valence-corrected chi connectivity index (χ0v) is 24.0. The second-order valence-electron chi connectivity index (χ2n) is 10.4. The number of hydrogen-bond acceptors (Lipinski definition) is 4. The van der Waals surface area contributed by atoms with Gasteiger partial charge in [-0.05, 0) is 25.7 Å². The molecule has 2 fully saturated rings.